The minimum Gasteiger partial charge on any atom is -0.497 e. The first kappa shape index (κ1) is 28.6. The van der Waals surface area contributed by atoms with Crippen LogP contribution in [-0.4, -0.2) is 57.1 Å². The van der Waals surface area contributed by atoms with Crippen LogP contribution in [0.2, 0.25) is 0 Å². The van der Waals surface area contributed by atoms with Crippen molar-refractivity contribution >= 4 is 43.5 Å². The van der Waals surface area contributed by atoms with Gasteiger partial charge < -0.3 is 15.0 Å². The van der Waals surface area contributed by atoms with Crippen LogP contribution in [0.15, 0.2) is 46.9 Å². The van der Waals surface area contributed by atoms with E-state index in [0.29, 0.717) is 11.4 Å². The summed E-state index contributed by atoms with van der Waals surface area (Å²) in [6.07, 6.45) is 1.80. The van der Waals surface area contributed by atoms with E-state index in [1.54, 1.807) is 50.4 Å². The van der Waals surface area contributed by atoms with Crippen molar-refractivity contribution in [3.05, 3.63) is 58.1 Å². The van der Waals surface area contributed by atoms with Crippen LogP contribution in [0.4, 0.5) is 5.69 Å². The summed E-state index contributed by atoms with van der Waals surface area (Å²) in [4.78, 5) is 27.9. The number of benzene rings is 2. The second-order valence-electron chi connectivity index (χ2n) is 8.57. The first-order valence-corrected chi connectivity index (χ1v) is 14.0. The average Bonchev–Trinajstić information content (AvgIpc) is 2.81. The zero-order valence-electron chi connectivity index (χ0n) is 21.0. The van der Waals surface area contributed by atoms with Gasteiger partial charge in [0.2, 0.25) is 21.8 Å². The Balaban J connectivity index is 2.42. The zero-order valence-corrected chi connectivity index (χ0v) is 23.4. The molecule has 0 heterocycles. The number of carbonyl (C=O) groups excluding carboxylic acids is 2. The smallest absolute Gasteiger partial charge is 0.244 e. The van der Waals surface area contributed by atoms with Gasteiger partial charge in [-0.15, -0.1) is 0 Å². The average molecular weight is 569 g/mol. The molecule has 0 spiro atoms. The maximum atomic E-state index is 13.6. The lowest BCUT2D eigenvalue weighted by molar-refractivity contribution is -0.139. The van der Waals surface area contributed by atoms with E-state index < -0.39 is 28.5 Å². The predicted octanol–water partition coefficient (Wildman–Crippen LogP) is 3.86. The zero-order chi connectivity index (χ0) is 26.3. The van der Waals surface area contributed by atoms with Crippen LogP contribution < -0.4 is 14.4 Å². The topological polar surface area (TPSA) is 96.0 Å². The highest BCUT2D eigenvalue weighted by molar-refractivity contribution is 9.10. The number of ether oxygens (including phenoxy) is 1. The number of rotatable bonds is 11. The van der Waals surface area contributed by atoms with Crippen LogP contribution in [0.1, 0.15) is 38.3 Å². The first-order valence-electron chi connectivity index (χ1n) is 11.3. The molecule has 0 aliphatic rings. The molecule has 0 unspecified atom stereocenters. The van der Waals surface area contributed by atoms with Gasteiger partial charge in [0.1, 0.15) is 18.3 Å². The molecule has 0 bridgehead atoms. The van der Waals surface area contributed by atoms with Crippen LogP contribution in [-0.2, 0) is 26.2 Å². The quantitative estimate of drug-likeness (QED) is 0.444. The monoisotopic (exact) mass is 567 g/mol. The summed E-state index contributed by atoms with van der Waals surface area (Å²) in [6, 6.07) is 11.4. The Morgan fingerprint density at radius 2 is 1.83 bits per heavy atom. The molecule has 10 heteroatoms. The highest BCUT2D eigenvalue weighted by Crippen LogP contribution is 2.25. The summed E-state index contributed by atoms with van der Waals surface area (Å²) in [7, 11) is -2.23. The molecule has 0 saturated heterocycles. The highest BCUT2D eigenvalue weighted by Gasteiger charge is 2.30. The summed E-state index contributed by atoms with van der Waals surface area (Å²) in [5.41, 5.74) is 1.96. The maximum absolute atomic E-state index is 13.6. The van der Waals surface area contributed by atoms with Gasteiger partial charge in [0.15, 0.2) is 0 Å². The number of hydrogen-bond donors (Lipinski definition) is 1. The molecule has 35 heavy (non-hydrogen) atoms. The lowest BCUT2D eigenvalue weighted by atomic mass is 10.1. The molecule has 2 rings (SSSR count). The Kier molecular flexibility index (Phi) is 10.1. The molecular formula is C25H34BrN3O5S. The molecule has 0 saturated carbocycles. The largest absolute Gasteiger partial charge is 0.497 e. The van der Waals surface area contributed by atoms with Crippen LogP contribution in [0, 0.1) is 6.92 Å². The van der Waals surface area contributed by atoms with Gasteiger partial charge in [-0.05, 0) is 68.7 Å². The third kappa shape index (κ3) is 7.96. The van der Waals surface area contributed by atoms with Crippen molar-refractivity contribution in [3.63, 3.8) is 0 Å². The number of nitrogens with zero attached hydrogens (tertiary/aromatic N) is 2. The molecule has 2 amide bonds. The number of anilines is 1. The van der Waals surface area contributed by atoms with Gasteiger partial charge in [-0.2, -0.15) is 0 Å². The third-order valence-electron chi connectivity index (χ3n) is 5.76. The van der Waals surface area contributed by atoms with Crippen molar-refractivity contribution in [1.82, 2.24) is 10.2 Å². The molecular weight excluding hydrogens is 534 g/mol. The van der Waals surface area contributed by atoms with E-state index >= 15 is 0 Å². The Labute approximate surface area is 216 Å². The van der Waals surface area contributed by atoms with Gasteiger partial charge >= 0.3 is 0 Å². The standard InChI is InChI=1S/C25H34BrN3O5S/c1-7-18(3)27-25(31)19(4)28(15-20-9-8-10-22(14-20)34-5)24(30)16-29(35(6,32)33)21-11-12-23(26)17(2)13-21/h8-14,18-19H,7,15-16H2,1-6H3,(H,27,31)/t18-,19+/m1/s1. The molecule has 2 aromatic carbocycles. The van der Waals surface area contributed by atoms with E-state index in [4.69, 9.17) is 4.74 Å². The van der Waals surface area contributed by atoms with Crippen LogP contribution >= 0.6 is 15.9 Å². The van der Waals surface area contributed by atoms with E-state index in [-0.39, 0.29) is 18.5 Å². The molecule has 1 N–H and O–H groups in total. The van der Waals surface area contributed by atoms with Crippen molar-refractivity contribution in [2.75, 3.05) is 24.2 Å². The molecule has 0 fully saturated rings. The molecule has 2 aromatic rings. The minimum atomic E-state index is -3.78. The summed E-state index contributed by atoms with van der Waals surface area (Å²) in [5, 5.41) is 2.91. The van der Waals surface area contributed by atoms with Crippen molar-refractivity contribution in [3.8, 4) is 5.75 Å². The van der Waals surface area contributed by atoms with E-state index in [1.165, 1.54) is 4.90 Å². The van der Waals surface area contributed by atoms with E-state index in [2.05, 4.69) is 21.2 Å². The molecule has 0 aliphatic heterocycles. The molecule has 0 aromatic heterocycles. The normalized spacial score (nSPS) is 13.0. The second kappa shape index (κ2) is 12.4. The van der Waals surface area contributed by atoms with Crippen LogP contribution in [0.25, 0.3) is 0 Å². The van der Waals surface area contributed by atoms with Gasteiger partial charge in [-0.25, -0.2) is 8.42 Å². The fraction of sp³-hybridized carbons (Fsp3) is 0.440. The van der Waals surface area contributed by atoms with Gasteiger partial charge in [0.05, 0.1) is 19.1 Å². The van der Waals surface area contributed by atoms with Crippen molar-refractivity contribution < 1.29 is 22.7 Å². The Morgan fingerprint density at radius 3 is 2.40 bits per heavy atom. The van der Waals surface area contributed by atoms with Crippen LogP contribution in [0.3, 0.4) is 0 Å². The second-order valence-corrected chi connectivity index (χ2v) is 11.3. The molecule has 0 aliphatic carbocycles. The summed E-state index contributed by atoms with van der Waals surface area (Å²) in [5.74, 6) is -0.179. The summed E-state index contributed by atoms with van der Waals surface area (Å²) >= 11 is 3.41. The van der Waals surface area contributed by atoms with Gasteiger partial charge in [0, 0.05) is 17.1 Å². The Morgan fingerprint density at radius 1 is 1.14 bits per heavy atom. The van der Waals surface area contributed by atoms with E-state index in [9.17, 15) is 18.0 Å². The molecule has 2 atom stereocenters. The highest BCUT2D eigenvalue weighted by atomic mass is 79.9. The van der Waals surface area contributed by atoms with Crippen LogP contribution in [0.5, 0.6) is 5.75 Å². The van der Waals surface area contributed by atoms with E-state index in [1.807, 2.05) is 26.8 Å². The molecule has 192 valence electrons. The third-order valence-corrected chi connectivity index (χ3v) is 7.79. The SMILES string of the molecule is CC[C@@H](C)NC(=O)[C@H](C)N(Cc1cccc(OC)c1)C(=O)CN(c1ccc(Br)c(C)c1)S(C)(=O)=O. The van der Waals surface area contributed by atoms with E-state index in [0.717, 1.165) is 32.6 Å². The molecule has 0 radical (unpaired) electrons. The number of halogens is 1. The number of sulfonamides is 1. The Hall–Kier alpha value is -2.59. The van der Waals surface area contributed by atoms with Gasteiger partial charge in [-0.1, -0.05) is 35.0 Å². The number of nitrogens with one attached hydrogen (secondary N) is 1. The summed E-state index contributed by atoms with van der Waals surface area (Å²) < 4.78 is 32.5. The lowest BCUT2D eigenvalue weighted by Gasteiger charge is -2.32. The van der Waals surface area contributed by atoms with Crippen molar-refractivity contribution in [2.45, 2.75) is 52.7 Å². The Bertz CT molecular complexity index is 1160. The first-order chi connectivity index (χ1) is 16.4. The minimum absolute atomic E-state index is 0.0584. The number of aryl methyl sites for hydroxylation is 1. The van der Waals surface area contributed by atoms with Crippen molar-refractivity contribution in [1.29, 1.82) is 0 Å². The van der Waals surface area contributed by atoms with Crippen molar-refractivity contribution in [2.24, 2.45) is 0 Å². The fourth-order valence-electron chi connectivity index (χ4n) is 3.41. The molecule has 8 nitrogen and oxygen atoms in total. The fourth-order valence-corrected chi connectivity index (χ4v) is 4.50. The lowest BCUT2D eigenvalue weighted by Crippen LogP contribution is -2.52. The maximum Gasteiger partial charge on any atom is 0.244 e. The predicted molar refractivity (Wildman–Crippen MR) is 142 cm³/mol. The van der Waals surface area contributed by atoms with Gasteiger partial charge in [0.25, 0.3) is 0 Å². The number of carbonyl (C=O) groups is 2. The summed E-state index contributed by atoms with van der Waals surface area (Å²) in [6.45, 7) is 7.00. The number of methoxy groups -OCH3 is 1. The number of amides is 2. The number of hydrogen-bond acceptors (Lipinski definition) is 5. The van der Waals surface area contributed by atoms with Gasteiger partial charge in [-0.3, -0.25) is 13.9 Å².